The molecule has 0 saturated heterocycles. The third-order valence-corrected chi connectivity index (χ3v) is 5.13. The molecule has 0 aromatic rings. The standard InChI is InChI=1S/C22H44O4/c1-6-11-18(12-7-2)16-25-22(20(10-5)15-21(23)24)26-17-19(13-8-3)14-9-4/h18-20,22H,6-17H2,1-5H3,(H,23,24). The van der Waals surface area contributed by atoms with E-state index in [1.165, 1.54) is 0 Å². The smallest absolute Gasteiger partial charge is 0.303 e. The molecule has 0 aromatic heterocycles. The van der Waals surface area contributed by atoms with E-state index >= 15 is 0 Å². The molecule has 1 unspecified atom stereocenters. The van der Waals surface area contributed by atoms with Gasteiger partial charge in [0, 0.05) is 5.92 Å². The molecular formula is C22H44O4. The van der Waals surface area contributed by atoms with Gasteiger partial charge in [-0.3, -0.25) is 4.79 Å². The van der Waals surface area contributed by atoms with Crippen molar-refractivity contribution in [3.63, 3.8) is 0 Å². The van der Waals surface area contributed by atoms with Crippen molar-refractivity contribution in [2.24, 2.45) is 17.8 Å². The highest BCUT2D eigenvalue weighted by molar-refractivity contribution is 5.67. The zero-order valence-corrected chi connectivity index (χ0v) is 18.0. The summed E-state index contributed by atoms with van der Waals surface area (Å²) in [4.78, 5) is 11.2. The number of carbonyl (C=O) groups is 1. The molecule has 0 aromatic carbocycles. The van der Waals surface area contributed by atoms with E-state index in [4.69, 9.17) is 9.47 Å². The number of carboxylic acids is 1. The van der Waals surface area contributed by atoms with Crippen molar-refractivity contribution < 1.29 is 19.4 Å². The molecule has 0 radical (unpaired) electrons. The minimum Gasteiger partial charge on any atom is -0.481 e. The van der Waals surface area contributed by atoms with Crippen LogP contribution in [-0.4, -0.2) is 30.6 Å². The number of hydrogen-bond donors (Lipinski definition) is 1. The summed E-state index contributed by atoms with van der Waals surface area (Å²) in [6.45, 7) is 12.2. The number of aliphatic carboxylic acids is 1. The van der Waals surface area contributed by atoms with Gasteiger partial charge in [0.2, 0.25) is 0 Å². The van der Waals surface area contributed by atoms with Crippen molar-refractivity contribution in [2.45, 2.75) is 105 Å². The fourth-order valence-corrected chi connectivity index (χ4v) is 3.69. The Bertz CT molecular complexity index is 300. The summed E-state index contributed by atoms with van der Waals surface area (Å²) in [6.07, 6.45) is 9.71. The number of rotatable bonds is 18. The average molecular weight is 373 g/mol. The summed E-state index contributed by atoms with van der Waals surface area (Å²) in [5.41, 5.74) is 0. The molecule has 0 spiro atoms. The lowest BCUT2D eigenvalue weighted by atomic mass is 9.98. The SMILES string of the molecule is CCCC(CCC)COC(OCC(CCC)CCC)C(CC)CC(=O)O. The molecule has 0 heterocycles. The minimum absolute atomic E-state index is 0.0830. The topological polar surface area (TPSA) is 55.8 Å². The Morgan fingerprint density at radius 2 is 1.15 bits per heavy atom. The van der Waals surface area contributed by atoms with Crippen LogP contribution in [0.2, 0.25) is 0 Å². The van der Waals surface area contributed by atoms with E-state index in [0.717, 1.165) is 57.8 Å². The van der Waals surface area contributed by atoms with Crippen LogP contribution < -0.4 is 0 Å². The van der Waals surface area contributed by atoms with Crippen molar-refractivity contribution in [1.82, 2.24) is 0 Å². The fraction of sp³-hybridized carbons (Fsp3) is 0.955. The Labute approximate surface area is 162 Å². The van der Waals surface area contributed by atoms with Gasteiger partial charge in [0.15, 0.2) is 6.29 Å². The summed E-state index contributed by atoms with van der Waals surface area (Å²) in [5.74, 6) is 0.229. The van der Waals surface area contributed by atoms with Gasteiger partial charge < -0.3 is 14.6 Å². The third-order valence-electron chi connectivity index (χ3n) is 5.13. The first-order valence-corrected chi connectivity index (χ1v) is 11.0. The molecule has 0 aliphatic rings. The zero-order valence-electron chi connectivity index (χ0n) is 18.0. The molecule has 1 atom stereocenters. The summed E-state index contributed by atoms with van der Waals surface area (Å²) < 4.78 is 12.4. The van der Waals surface area contributed by atoms with E-state index in [1.807, 2.05) is 6.92 Å². The van der Waals surface area contributed by atoms with Crippen molar-refractivity contribution in [3.8, 4) is 0 Å². The van der Waals surface area contributed by atoms with Gasteiger partial charge in [-0.15, -0.1) is 0 Å². The van der Waals surface area contributed by atoms with E-state index in [1.54, 1.807) is 0 Å². The Kier molecular flexibility index (Phi) is 16.2. The number of hydrogen-bond acceptors (Lipinski definition) is 3. The van der Waals surface area contributed by atoms with E-state index < -0.39 is 12.3 Å². The monoisotopic (exact) mass is 372 g/mol. The van der Waals surface area contributed by atoms with Gasteiger partial charge in [0.25, 0.3) is 0 Å². The van der Waals surface area contributed by atoms with Crippen LogP contribution in [0.4, 0.5) is 0 Å². The molecule has 4 nitrogen and oxygen atoms in total. The van der Waals surface area contributed by atoms with E-state index in [0.29, 0.717) is 25.0 Å². The second kappa shape index (κ2) is 16.6. The van der Waals surface area contributed by atoms with Gasteiger partial charge in [-0.2, -0.15) is 0 Å². The second-order valence-electron chi connectivity index (χ2n) is 7.69. The van der Waals surface area contributed by atoms with Crippen molar-refractivity contribution in [1.29, 1.82) is 0 Å². The largest absolute Gasteiger partial charge is 0.481 e. The molecule has 0 rings (SSSR count). The quantitative estimate of drug-likeness (QED) is 0.288. The summed E-state index contributed by atoms with van der Waals surface area (Å²) in [7, 11) is 0. The second-order valence-corrected chi connectivity index (χ2v) is 7.69. The van der Waals surface area contributed by atoms with Gasteiger partial charge in [0.1, 0.15) is 0 Å². The molecule has 26 heavy (non-hydrogen) atoms. The molecule has 0 amide bonds. The highest BCUT2D eigenvalue weighted by atomic mass is 16.7. The summed E-state index contributed by atoms with van der Waals surface area (Å²) in [6, 6.07) is 0. The van der Waals surface area contributed by atoms with E-state index in [2.05, 4.69) is 27.7 Å². The maximum Gasteiger partial charge on any atom is 0.303 e. The Hall–Kier alpha value is -0.610. The number of carboxylic acid groups (broad SMARTS) is 1. The molecule has 0 aliphatic heterocycles. The lowest BCUT2D eigenvalue weighted by Crippen LogP contribution is -2.32. The van der Waals surface area contributed by atoms with Gasteiger partial charge >= 0.3 is 5.97 Å². The highest BCUT2D eigenvalue weighted by Gasteiger charge is 2.26. The van der Waals surface area contributed by atoms with Gasteiger partial charge in [-0.1, -0.05) is 60.3 Å². The van der Waals surface area contributed by atoms with Crippen LogP contribution in [0.1, 0.15) is 98.8 Å². The minimum atomic E-state index is -0.772. The van der Waals surface area contributed by atoms with Crippen LogP contribution in [0.5, 0.6) is 0 Å². The van der Waals surface area contributed by atoms with E-state index in [-0.39, 0.29) is 12.3 Å². The Morgan fingerprint density at radius 1 is 0.769 bits per heavy atom. The first kappa shape index (κ1) is 25.4. The van der Waals surface area contributed by atoms with Crippen LogP contribution in [-0.2, 0) is 14.3 Å². The lowest BCUT2D eigenvalue weighted by molar-refractivity contribution is -0.191. The molecule has 0 saturated carbocycles. The van der Waals surface area contributed by atoms with Gasteiger partial charge in [-0.05, 0) is 43.9 Å². The van der Waals surface area contributed by atoms with Gasteiger partial charge in [-0.25, -0.2) is 0 Å². The van der Waals surface area contributed by atoms with Crippen LogP contribution in [0, 0.1) is 17.8 Å². The molecule has 0 bridgehead atoms. The van der Waals surface area contributed by atoms with Crippen molar-refractivity contribution in [3.05, 3.63) is 0 Å². The van der Waals surface area contributed by atoms with Crippen LogP contribution >= 0.6 is 0 Å². The van der Waals surface area contributed by atoms with Crippen molar-refractivity contribution in [2.75, 3.05) is 13.2 Å². The average Bonchev–Trinajstić information content (AvgIpc) is 2.60. The molecular weight excluding hydrogens is 328 g/mol. The van der Waals surface area contributed by atoms with Crippen molar-refractivity contribution >= 4 is 5.97 Å². The predicted octanol–water partition coefficient (Wildman–Crippen LogP) is 6.28. The lowest BCUT2D eigenvalue weighted by Gasteiger charge is -2.29. The Balaban J connectivity index is 4.87. The maximum atomic E-state index is 11.2. The molecule has 1 N–H and O–H groups in total. The molecule has 4 heteroatoms. The van der Waals surface area contributed by atoms with Crippen LogP contribution in [0.15, 0.2) is 0 Å². The van der Waals surface area contributed by atoms with E-state index in [9.17, 15) is 9.90 Å². The van der Waals surface area contributed by atoms with Crippen LogP contribution in [0.25, 0.3) is 0 Å². The summed E-state index contributed by atoms with van der Waals surface area (Å²) >= 11 is 0. The third kappa shape index (κ3) is 11.9. The first-order valence-electron chi connectivity index (χ1n) is 11.0. The van der Waals surface area contributed by atoms with Gasteiger partial charge in [0.05, 0.1) is 19.6 Å². The summed E-state index contributed by atoms with van der Waals surface area (Å²) in [5, 5.41) is 9.24. The van der Waals surface area contributed by atoms with Crippen LogP contribution in [0.3, 0.4) is 0 Å². The number of ether oxygens (including phenoxy) is 2. The predicted molar refractivity (Wildman–Crippen MR) is 108 cm³/mol. The zero-order chi connectivity index (χ0) is 19.8. The fourth-order valence-electron chi connectivity index (χ4n) is 3.69. The highest BCUT2D eigenvalue weighted by Crippen LogP contribution is 2.23. The maximum absolute atomic E-state index is 11.2. The molecule has 156 valence electrons. The molecule has 0 fully saturated rings. The first-order chi connectivity index (χ1) is 12.5. The Morgan fingerprint density at radius 3 is 1.42 bits per heavy atom. The normalized spacial score (nSPS) is 13.1. The molecule has 0 aliphatic carbocycles.